The van der Waals surface area contributed by atoms with E-state index in [1.54, 1.807) is 0 Å². The van der Waals surface area contributed by atoms with Crippen molar-refractivity contribution < 1.29 is 17.7 Å². The summed E-state index contributed by atoms with van der Waals surface area (Å²) in [7, 11) is -3.00. The molecule has 0 N–H and O–H groups in total. The molecule has 2 aliphatic heterocycles. The van der Waals surface area contributed by atoms with Crippen molar-refractivity contribution >= 4 is 9.05 Å². The van der Waals surface area contributed by atoms with Crippen LogP contribution in [0.15, 0.2) is 0 Å². The molecule has 2 heterocycles. The quantitative estimate of drug-likeness (QED) is 0.729. The summed E-state index contributed by atoms with van der Waals surface area (Å²) in [5.74, 6) is 0.820. The van der Waals surface area contributed by atoms with Crippen LogP contribution in [0.3, 0.4) is 0 Å². The van der Waals surface area contributed by atoms with Gasteiger partial charge in [0, 0.05) is 24.0 Å². The highest BCUT2D eigenvalue weighted by Gasteiger charge is 2.61. The highest BCUT2D eigenvalue weighted by Crippen LogP contribution is 2.43. The Morgan fingerprint density at radius 3 is 1.38 bits per heavy atom. The van der Waals surface area contributed by atoms with Crippen LogP contribution < -0.4 is 0 Å². The Balaban J connectivity index is 2.20. The van der Waals surface area contributed by atoms with Crippen molar-refractivity contribution in [2.45, 2.75) is 67.6 Å². The Bertz CT molecular complexity index is 342. The van der Waals surface area contributed by atoms with Gasteiger partial charge in [0.25, 0.3) is 0 Å². The monoisotopic (exact) mass is 316 g/mol. The maximum absolute atomic E-state index is 6.34. The van der Waals surface area contributed by atoms with Gasteiger partial charge in [-0.2, -0.15) is 0 Å². The molecule has 2 aliphatic rings. The van der Waals surface area contributed by atoms with Crippen LogP contribution in [0.4, 0.5) is 0 Å². The van der Waals surface area contributed by atoms with Gasteiger partial charge in [0.05, 0.1) is 12.2 Å². The molecular weight excluding hydrogens is 284 g/mol. The zero-order valence-corrected chi connectivity index (χ0v) is 15.9. The third-order valence-corrected chi connectivity index (χ3v) is 6.62. The van der Waals surface area contributed by atoms with Gasteiger partial charge in [0.1, 0.15) is 0 Å². The molecule has 2 atom stereocenters. The minimum absolute atomic E-state index is 0.0145. The predicted molar refractivity (Wildman–Crippen MR) is 84.6 cm³/mol. The standard InChI is InChI=1S/C16H32O4Si/c1-11(2)13-15(5,6)9-17-21(19-13)18-10-16(7,8)14(20-21)12(3)4/h11-14H,9-10H2,1-8H3. The first-order valence-corrected chi connectivity index (χ1v) is 9.76. The Labute approximate surface area is 131 Å². The van der Waals surface area contributed by atoms with Crippen LogP contribution in [0.25, 0.3) is 0 Å². The van der Waals surface area contributed by atoms with Gasteiger partial charge in [-0.25, -0.2) is 0 Å². The first-order valence-electron chi connectivity index (χ1n) is 8.13. The van der Waals surface area contributed by atoms with Gasteiger partial charge in [-0.3, -0.25) is 0 Å². The Hall–Kier alpha value is 0.0569. The first kappa shape index (κ1) is 17.4. The summed E-state index contributed by atoms with van der Waals surface area (Å²) in [6, 6.07) is 0. The van der Waals surface area contributed by atoms with E-state index in [0.29, 0.717) is 25.0 Å². The van der Waals surface area contributed by atoms with Gasteiger partial charge in [0.2, 0.25) is 0 Å². The molecule has 0 saturated carbocycles. The molecule has 0 radical (unpaired) electrons. The fourth-order valence-corrected chi connectivity index (χ4v) is 6.94. The van der Waals surface area contributed by atoms with E-state index in [4.69, 9.17) is 17.7 Å². The van der Waals surface area contributed by atoms with Crippen LogP contribution in [-0.2, 0) is 17.7 Å². The number of rotatable bonds is 2. The van der Waals surface area contributed by atoms with Crippen molar-refractivity contribution in [1.29, 1.82) is 0 Å². The van der Waals surface area contributed by atoms with Crippen LogP contribution in [0.5, 0.6) is 0 Å². The van der Waals surface area contributed by atoms with E-state index in [1.165, 1.54) is 0 Å². The highest BCUT2D eigenvalue weighted by atomic mass is 28.4. The third kappa shape index (κ3) is 3.37. The molecule has 21 heavy (non-hydrogen) atoms. The van der Waals surface area contributed by atoms with E-state index in [9.17, 15) is 0 Å². The average Bonchev–Trinajstić information content (AvgIpc) is 2.35. The predicted octanol–water partition coefficient (Wildman–Crippen LogP) is 3.62. The normalized spacial score (nSPS) is 39.1. The van der Waals surface area contributed by atoms with Gasteiger partial charge in [-0.1, -0.05) is 55.4 Å². The van der Waals surface area contributed by atoms with Gasteiger partial charge in [-0.05, 0) is 11.8 Å². The van der Waals surface area contributed by atoms with Crippen molar-refractivity contribution in [3.05, 3.63) is 0 Å². The number of hydrogen-bond donors (Lipinski definition) is 0. The SMILES string of the molecule is CC(C)C1O[Si]2(OCC1(C)C)OCC(C)(C)C(C(C)C)O2. The molecule has 2 fully saturated rings. The molecule has 0 aliphatic carbocycles. The van der Waals surface area contributed by atoms with Crippen LogP contribution in [0.2, 0.25) is 0 Å². The second kappa shape index (κ2) is 5.60. The molecule has 2 rings (SSSR count). The van der Waals surface area contributed by atoms with E-state index in [-0.39, 0.29) is 23.0 Å². The lowest BCUT2D eigenvalue weighted by molar-refractivity contribution is -0.209. The second-order valence-electron chi connectivity index (χ2n) is 8.62. The van der Waals surface area contributed by atoms with E-state index in [2.05, 4.69) is 55.4 Å². The molecule has 0 aromatic heterocycles. The molecule has 0 amide bonds. The number of hydrogen-bond acceptors (Lipinski definition) is 4. The smallest absolute Gasteiger partial charge is 0.351 e. The maximum Gasteiger partial charge on any atom is 0.680 e. The summed E-state index contributed by atoms with van der Waals surface area (Å²) < 4.78 is 24.8. The van der Waals surface area contributed by atoms with Crippen molar-refractivity contribution in [2.75, 3.05) is 13.2 Å². The first-order chi connectivity index (χ1) is 9.49. The lowest BCUT2D eigenvalue weighted by Gasteiger charge is -2.52. The molecular formula is C16H32O4Si. The van der Waals surface area contributed by atoms with Crippen LogP contribution in [0, 0.1) is 22.7 Å². The van der Waals surface area contributed by atoms with Crippen LogP contribution in [0.1, 0.15) is 55.4 Å². The fraction of sp³-hybridized carbons (Fsp3) is 1.00. The summed E-state index contributed by atoms with van der Waals surface area (Å²) in [5.41, 5.74) is -0.0289. The molecule has 2 saturated heterocycles. The molecule has 0 aromatic rings. The topological polar surface area (TPSA) is 36.9 Å². The van der Waals surface area contributed by atoms with E-state index in [1.807, 2.05) is 0 Å². The van der Waals surface area contributed by atoms with E-state index >= 15 is 0 Å². The van der Waals surface area contributed by atoms with Gasteiger partial charge < -0.3 is 17.7 Å². The molecule has 0 aromatic carbocycles. The Kier molecular flexibility index (Phi) is 4.65. The lowest BCUT2D eigenvalue weighted by atomic mass is 9.81. The van der Waals surface area contributed by atoms with Crippen molar-refractivity contribution in [2.24, 2.45) is 22.7 Å². The summed E-state index contributed by atoms with van der Waals surface area (Å²) >= 11 is 0. The highest BCUT2D eigenvalue weighted by molar-refractivity contribution is 6.54. The minimum Gasteiger partial charge on any atom is -0.351 e. The van der Waals surface area contributed by atoms with Crippen molar-refractivity contribution in [3.8, 4) is 0 Å². The minimum atomic E-state index is -3.00. The molecule has 5 heteroatoms. The van der Waals surface area contributed by atoms with Gasteiger partial charge in [0.15, 0.2) is 0 Å². The summed E-state index contributed by atoms with van der Waals surface area (Å²) in [5, 5.41) is 0. The third-order valence-electron chi connectivity index (χ3n) is 4.54. The Morgan fingerprint density at radius 2 is 1.10 bits per heavy atom. The summed E-state index contributed by atoms with van der Waals surface area (Å²) in [4.78, 5) is 0. The Morgan fingerprint density at radius 1 is 0.762 bits per heavy atom. The van der Waals surface area contributed by atoms with Crippen molar-refractivity contribution in [3.63, 3.8) is 0 Å². The fourth-order valence-electron chi connectivity index (χ4n) is 3.63. The molecule has 4 nitrogen and oxygen atoms in total. The summed E-state index contributed by atoms with van der Waals surface area (Å²) in [6.07, 6.45) is 0.207. The zero-order valence-electron chi connectivity index (χ0n) is 14.9. The van der Waals surface area contributed by atoms with E-state index < -0.39 is 9.05 Å². The molecule has 2 unspecified atom stereocenters. The van der Waals surface area contributed by atoms with Gasteiger partial charge in [-0.15, -0.1) is 0 Å². The maximum atomic E-state index is 6.34. The lowest BCUT2D eigenvalue weighted by Crippen LogP contribution is -2.67. The van der Waals surface area contributed by atoms with Gasteiger partial charge >= 0.3 is 9.05 Å². The largest absolute Gasteiger partial charge is 0.680 e. The van der Waals surface area contributed by atoms with Crippen LogP contribution >= 0.6 is 0 Å². The zero-order chi connectivity index (χ0) is 16.1. The molecule has 124 valence electrons. The average molecular weight is 317 g/mol. The summed E-state index contributed by atoms with van der Waals surface area (Å²) in [6.45, 7) is 18.8. The molecule has 0 bridgehead atoms. The van der Waals surface area contributed by atoms with Crippen molar-refractivity contribution in [1.82, 2.24) is 0 Å². The van der Waals surface area contributed by atoms with Crippen LogP contribution in [-0.4, -0.2) is 34.5 Å². The second-order valence-corrected chi connectivity index (χ2v) is 10.7. The molecule has 1 spiro atoms. The van der Waals surface area contributed by atoms with E-state index in [0.717, 1.165) is 0 Å².